The third kappa shape index (κ3) is 2.01. The van der Waals surface area contributed by atoms with Gasteiger partial charge in [-0.05, 0) is 12.1 Å². The first-order valence-corrected chi connectivity index (χ1v) is 5.36. The van der Waals surface area contributed by atoms with Gasteiger partial charge in [0.2, 0.25) is 5.78 Å². The van der Waals surface area contributed by atoms with Crippen LogP contribution in [0.2, 0.25) is 0 Å². The minimum Gasteiger partial charge on any atom is -0.508 e. The van der Waals surface area contributed by atoms with Crippen molar-refractivity contribution in [2.75, 3.05) is 0 Å². The number of ketones is 1. The highest BCUT2D eigenvalue weighted by Crippen LogP contribution is 2.40. The van der Waals surface area contributed by atoms with Gasteiger partial charge in [0.15, 0.2) is 11.5 Å². The zero-order valence-electron chi connectivity index (χ0n) is 9.90. The Kier molecular flexibility index (Phi) is 3.03. The van der Waals surface area contributed by atoms with E-state index in [0.29, 0.717) is 0 Å². The van der Waals surface area contributed by atoms with Gasteiger partial charge in [-0.25, -0.2) is 0 Å². The molecular weight excluding hydrogens is 268 g/mol. The second-order valence-corrected chi connectivity index (χ2v) is 4.02. The first-order valence-electron chi connectivity index (χ1n) is 5.36. The molecule has 20 heavy (non-hydrogen) atoms. The van der Waals surface area contributed by atoms with Crippen LogP contribution in [0.25, 0.3) is 0 Å². The molecule has 0 unspecified atom stereocenters. The van der Waals surface area contributed by atoms with Crippen LogP contribution in [0.4, 0.5) is 0 Å². The predicted octanol–water partition coefficient (Wildman–Crippen LogP) is 1.15. The fraction of sp³-hybridized carbons (Fsp3) is 0. The van der Waals surface area contributed by atoms with Gasteiger partial charge < -0.3 is 30.6 Å². The van der Waals surface area contributed by atoms with Gasteiger partial charge in [-0.2, -0.15) is 0 Å². The molecule has 0 amide bonds. The van der Waals surface area contributed by atoms with Crippen molar-refractivity contribution in [1.29, 1.82) is 0 Å². The molecule has 0 bridgehead atoms. The zero-order valence-corrected chi connectivity index (χ0v) is 9.90. The van der Waals surface area contributed by atoms with Gasteiger partial charge in [-0.3, -0.25) is 4.79 Å². The molecule has 0 atom stereocenters. The van der Waals surface area contributed by atoms with Gasteiger partial charge in [0.1, 0.15) is 34.1 Å². The van der Waals surface area contributed by atoms with Crippen LogP contribution >= 0.6 is 0 Å². The van der Waals surface area contributed by atoms with Crippen LogP contribution in [-0.2, 0) is 0 Å². The fourth-order valence-corrected chi connectivity index (χ4v) is 1.75. The summed E-state index contributed by atoms with van der Waals surface area (Å²) in [6.45, 7) is 0. The second-order valence-electron chi connectivity index (χ2n) is 4.02. The van der Waals surface area contributed by atoms with Crippen molar-refractivity contribution in [2.24, 2.45) is 0 Å². The number of rotatable bonds is 2. The van der Waals surface area contributed by atoms with Crippen molar-refractivity contribution in [1.82, 2.24) is 0 Å². The summed E-state index contributed by atoms with van der Waals surface area (Å²) in [7, 11) is 0. The van der Waals surface area contributed by atoms with E-state index in [1.807, 2.05) is 0 Å². The molecule has 0 radical (unpaired) electrons. The topological polar surface area (TPSA) is 138 Å². The summed E-state index contributed by atoms with van der Waals surface area (Å²) in [5.74, 6) is -5.25. The highest BCUT2D eigenvalue weighted by molar-refractivity contribution is 6.15. The molecule has 0 spiro atoms. The average Bonchev–Trinajstić information content (AvgIpc) is 2.33. The van der Waals surface area contributed by atoms with Crippen molar-refractivity contribution < 1.29 is 35.4 Å². The lowest BCUT2D eigenvalue weighted by molar-refractivity contribution is 0.102. The first-order chi connectivity index (χ1) is 9.32. The zero-order chi connectivity index (χ0) is 15.0. The molecule has 0 aromatic heterocycles. The second kappa shape index (κ2) is 4.54. The lowest BCUT2D eigenvalue weighted by Gasteiger charge is -2.10. The molecule has 7 nitrogen and oxygen atoms in total. The molecule has 0 saturated heterocycles. The summed E-state index contributed by atoms with van der Waals surface area (Å²) in [6.07, 6.45) is 0. The molecule has 0 saturated carbocycles. The van der Waals surface area contributed by atoms with Crippen LogP contribution in [0, 0.1) is 0 Å². The molecule has 7 heteroatoms. The van der Waals surface area contributed by atoms with Gasteiger partial charge in [-0.1, -0.05) is 0 Å². The lowest BCUT2D eigenvalue weighted by Crippen LogP contribution is -2.03. The van der Waals surface area contributed by atoms with Crippen LogP contribution in [0.15, 0.2) is 24.3 Å². The Morgan fingerprint density at radius 1 is 0.700 bits per heavy atom. The van der Waals surface area contributed by atoms with Gasteiger partial charge in [-0.15, -0.1) is 0 Å². The van der Waals surface area contributed by atoms with E-state index in [0.717, 1.165) is 24.3 Å². The third-order valence-corrected chi connectivity index (χ3v) is 2.67. The average molecular weight is 278 g/mol. The quantitative estimate of drug-likeness (QED) is 0.275. The molecule has 6 N–H and O–H groups in total. The lowest BCUT2D eigenvalue weighted by atomic mass is 9.99. The highest BCUT2D eigenvalue weighted by atomic mass is 16.3. The summed E-state index contributed by atoms with van der Waals surface area (Å²) in [5, 5.41) is 56.8. The van der Waals surface area contributed by atoms with E-state index in [-0.39, 0.29) is 0 Å². The number of phenols is 6. The van der Waals surface area contributed by atoms with Crippen molar-refractivity contribution >= 4 is 5.78 Å². The minimum atomic E-state index is -1.12. The van der Waals surface area contributed by atoms with E-state index < -0.39 is 51.4 Å². The summed E-state index contributed by atoms with van der Waals surface area (Å²) in [4.78, 5) is 12.2. The van der Waals surface area contributed by atoms with Crippen molar-refractivity contribution in [3.05, 3.63) is 35.4 Å². The Hall–Kier alpha value is -3.09. The Bertz CT molecular complexity index is 683. The fourth-order valence-electron chi connectivity index (χ4n) is 1.75. The molecule has 0 heterocycles. The Labute approximate surface area is 112 Å². The summed E-state index contributed by atoms with van der Waals surface area (Å²) >= 11 is 0. The summed E-state index contributed by atoms with van der Waals surface area (Å²) in [5.41, 5.74) is -1.31. The number of benzene rings is 2. The monoisotopic (exact) mass is 278 g/mol. The molecular formula is C13H10O7. The SMILES string of the molecule is O=C(c1c(O)cc(O)cc1O)c1c(O)ccc(O)c1O. The van der Waals surface area contributed by atoms with E-state index in [1.165, 1.54) is 0 Å². The van der Waals surface area contributed by atoms with E-state index in [9.17, 15) is 30.3 Å². The van der Waals surface area contributed by atoms with E-state index >= 15 is 0 Å². The molecule has 0 aliphatic carbocycles. The van der Waals surface area contributed by atoms with Gasteiger partial charge >= 0.3 is 0 Å². The number of aromatic hydroxyl groups is 6. The van der Waals surface area contributed by atoms with Crippen LogP contribution in [0.3, 0.4) is 0 Å². The molecule has 2 aromatic carbocycles. The molecule has 0 aliphatic heterocycles. The van der Waals surface area contributed by atoms with Crippen molar-refractivity contribution in [3.63, 3.8) is 0 Å². The molecule has 2 rings (SSSR count). The van der Waals surface area contributed by atoms with Crippen molar-refractivity contribution in [2.45, 2.75) is 0 Å². The number of phenolic OH excluding ortho intramolecular Hbond substituents is 6. The smallest absolute Gasteiger partial charge is 0.208 e. The van der Waals surface area contributed by atoms with Crippen LogP contribution in [-0.4, -0.2) is 36.4 Å². The Morgan fingerprint density at radius 2 is 1.20 bits per heavy atom. The number of carbonyl (C=O) groups is 1. The summed E-state index contributed by atoms with van der Waals surface area (Å²) < 4.78 is 0. The maximum Gasteiger partial charge on any atom is 0.208 e. The molecule has 0 fully saturated rings. The Balaban J connectivity index is 2.67. The normalized spacial score (nSPS) is 10.4. The van der Waals surface area contributed by atoms with Crippen LogP contribution in [0.5, 0.6) is 34.5 Å². The van der Waals surface area contributed by atoms with E-state index in [2.05, 4.69) is 0 Å². The highest BCUT2D eigenvalue weighted by Gasteiger charge is 2.26. The largest absolute Gasteiger partial charge is 0.508 e. The molecule has 104 valence electrons. The first kappa shape index (κ1) is 13.3. The number of hydrogen-bond acceptors (Lipinski definition) is 7. The van der Waals surface area contributed by atoms with Crippen LogP contribution < -0.4 is 0 Å². The number of hydrogen-bond donors (Lipinski definition) is 6. The molecule has 2 aromatic rings. The summed E-state index contributed by atoms with van der Waals surface area (Å²) in [6, 6.07) is 3.56. The standard InChI is InChI=1S/C13H10O7/c14-5-3-8(17)10(9(18)4-5)13(20)11-6(15)1-2-7(16)12(11)19/h1-4,14-19H. The Morgan fingerprint density at radius 3 is 1.75 bits per heavy atom. The van der Waals surface area contributed by atoms with Gasteiger partial charge in [0.25, 0.3) is 0 Å². The predicted molar refractivity (Wildman–Crippen MR) is 66.3 cm³/mol. The van der Waals surface area contributed by atoms with E-state index in [1.54, 1.807) is 0 Å². The van der Waals surface area contributed by atoms with Gasteiger partial charge in [0.05, 0.1) is 0 Å². The van der Waals surface area contributed by atoms with Gasteiger partial charge in [0, 0.05) is 12.1 Å². The third-order valence-electron chi connectivity index (χ3n) is 2.67. The minimum absolute atomic E-state index is 0.471. The maximum atomic E-state index is 12.2. The van der Waals surface area contributed by atoms with Crippen molar-refractivity contribution in [3.8, 4) is 34.5 Å². The van der Waals surface area contributed by atoms with Crippen LogP contribution in [0.1, 0.15) is 15.9 Å². The van der Waals surface area contributed by atoms with E-state index in [4.69, 9.17) is 5.11 Å². The maximum absolute atomic E-state index is 12.2. The number of carbonyl (C=O) groups excluding carboxylic acids is 1. The molecule has 0 aliphatic rings.